The predicted molar refractivity (Wildman–Crippen MR) is 93.7 cm³/mol. The second-order valence-corrected chi connectivity index (χ2v) is 7.16. The number of esters is 2. The minimum atomic E-state index is -1.16. The monoisotopic (exact) mass is 360 g/mol. The first-order valence-corrected chi connectivity index (χ1v) is 8.61. The molecule has 26 heavy (non-hydrogen) atoms. The third-order valence-corrected chi connectivity index (χ3v) is 5.84. The van der Waals surface area contributed by atoms with Crippen molar-refractivity contribution in [1.82, 2.24) is 0 Å². The van der Waals surface area contributed by atoms with Crippen molar-refractivity contribution in [3.05, 3.63) is 48.6 Å². The maximum absolute atomic E-state index is 12.3. The van der Waals surface area contributed by atoms with Gasteiger partial charge in [0.15, 0.2) is 6.29 Å². The molecule has 0 aromatic rings. The average molecular weight is 360 g/mol. The van der Waals surface area contributed by atoms with E-state index in [0.29, 0.717) is 11.1 Å². The van der Waals surface area contributed by atoms with Gasteiger partial charge in [0.2, 0.25) is 0 Å². The van der Waals surface area contributed by atoms with Crippen molar-refractivity contribution < 1.29 is 28.9 Å². The summed E-state index contributed by atoms with van der Waals surface area (Å²) in [5, 5.41) is 10.6. The Morgan fingerprint density at radius 3 is 2.73 bits per heavy atom. The molecule has 3 rings (SSSR count). The van der Waals surface area contributed by atoms with Gasteiger partial charge in [-0.05, 0) is 25.8 Å². The minimum absolute atomic E-state index is 0.163. The molecule has 0 amide bonds. The highest BCUT2D eigenvalue weighted by molar-refractivity contribution is 5.92. The molecule has 0 radical (unpaired) electrons. The summed E-state index contributed by atoms with van der Waals surface area (Å²) in [6, 6.07) is 0. The normalized spacial score (nSPS) is 39.7. The lowest BCUT2D eigenvalue weighted by Crippen LogP contribution is -2.60. The molecule has 0 spiro atoms. The first-order valence-electron chi connectivity index (χ1n) is 8.61. The second-order valence-electron chi connectivity index (χ2n) is 7.16. The molecule has 1 saturated carbocycles. The molecule has 6 atom stereocenters. The zero-order valence-electron chi connectivity index (χ0n) is 15.1. The number of carbonyl (C=O) groups excluding carboxylic acids is 2. The lowest BCUT2D eigenvalue weighted by molar-refractivity contribution is -0.233. The highest BCUT2D eigenvalue weighted by atomic mass is 16.6. The fourth-order valence-corrected chi connectivity index (χ4v) is 4.30. The van der Waals surface area contributed by atoms with Crippen LogP contribution in [0.5, 0.6) is 0 Å². The first-order chi connectivity index (χ1) is 12.3. The van der Waals surface area contributed by atoms with E-state index >= 15 is 0 Å². The maximum Gasteiger partial charge on any atom is 0.334 e. The van der Waals surface area contributed by atoms with Gasteiger partial charge in [0.25, 0.3) is 0 Å². The van der Waals surface area contributed by atoms with E-state index in [1.165, 1.54) is 0 Å². The van der Waals surface area contributed by atoms with Gasteiger partial charge in [-0.25, -0.2) is 9.59 Å². The number of hydrogen-bond acceptors (Lipinski definition) is 6. The topological polar surface area (TPSA) is 82.1 Å². The number of fused-ring (bicyclic) bond motifs is 3. The van der Waals surface area contributed by atoms with Crippen LogP contribution in [0.4, 0.5) is 0 Å². The zero-order chi connectivity index (χ0) is 19.2. The Morgan fingerprint density at radius 1 is 1.42 bits per heavy atom. The number of carbonyl (C=O) groups is 2. The van der Waals surface area contributed by atoms with Gasteiger partial charge in [-0.2, -0.15) is 0 Å². The fourth-order valence-electron chi connectivity index (χ4n) is 4.30. The summed E-state index contributed by atoms with van der Waals surface area (Å²) in [6.07, 6.45) is 1.01. The lowest BCUT2D eigenvalue weighted by Gasteiger charge is -2.54. The Morgan fingerprint density at radius 2 is 2.12 bits per heavy atom. The third-order valence-electron chi connectivity index (χ3n) is 5.84. The molecular weight excluding hydrogens is 336 g/mol. The van der Waals surface area contributed by atoms with Gasteiger partial charge in [-0.3, -0.25) is 0 Å². The Labute approximate surface area is 152 Å². The van der Waals surface area contributed by atoms with Crippen LogP contribution < -0.4 is 0 Å². The van der Waals surface area contributed by atoms with Crippen LogP contribution >= 0.6 is 0 Å². The molecule has 0 aromatic heterocycles. The van der Waals surface area contributed by atoms with Crippen molar-refractivity contribution in [2.24, 2.45) is 17.3 Å². The summed E-state index contributed by atoms with van der Waals surface area (Å²) < 4.78 is 16.7. The summed E-state index contributed by atoms with van der Waals surface area (Å²) in [7, 11) is 0. The van der Waals surface area contributed by atoms with Crippen molar-refractivity contribution in [1.29, 1.82) is 0 Å². The minimum Gasteiger partial charge on any atom is -0.458 e. The van der Waals surface area contributed by atoms with Crippen LogP contribution in [0.3, 0.4) is 0 Å². The van der Waals surface area contributed by atoms with Crippen LogP contribution in [-0.4, -0.2) is 42.1 Å². The number of ether oxygens (including phenoxy) is 3. The van der Waals surface area contributed by atoms with Gasteiger partial charge < -0.3 is 19.3 Å². The second kappa shape index (κ2) is 6.52. The molecule has 1 N–H and O–H groups in total. The predicted octanol–water partition coefficient (Wildman–Crippen LogP) is 2.06. The molecule has 0 bridgehead atoms. The smallest absolute Gasteiger partial charge is 0.334 e. The highest BCUT2D eigenvalue weighted by Gasteiger charge is 2.64. The van der Waals surface area contributed by atoms with E-state index in [1.807, 2.05) is 0 Å². The van der Waals surface area contributed by atoms with E-state index in [1.54, 1.807) is 26.0 Å². The quantitative estimate of drug-likeness (QED) is 0.471. The van der Waals surface area contributed by atoms with Gasteiger partial charge >= 0.3 is 11.9 Å². The van der Waals surface area contributed by atoms with Crippen LogP contribution in [0, 0.1) is 17.3 Å². The molecule has 2 aliphatic heterocycles. The molecule has 3 aliphatic rings. The van der Waals surface area contributed by atoms with Gasteiger partial charge in [-0.15, -0.1) is 6.58 Å². The van der Waals surface area contributed by atoms with Crippen molar-refractivity contribution in [3.63, 3.8) is 0 Å². The van der Waals surface area contributed by atoms with E-state index in [4.69, 9.17) is 14.2 Å². The molecule has 0 aromatic carbocycles. The standard InChI is InChI=1S/C20H24O6/c1-6-10(3)17(21)25-13-8-20(7-2)15(11(4)9-24-19(20)23)16-14(13)12(5)18(22)26-16/h6-7,13-16,19,23H,2,4-5,8-9H2,1,3H3/b10-6+/t13-,14+,15+,16-,19+,20-/m0/s1. The van der Waals surface area contributed by atoms with Gasteiger partial charge in [0.1, 0.15) is 12.2 Å². The van der Waals surface area contributed by atoms with E-state index in [2.05, 4.69) is 19.7 Å². The Kier molecular flexibility index (Phi) is 4.67. The summed E-state index contributed by atoms with van der Waals surface area (Å²) in [5.41, 5.74) is 0.479. The Bertz CT molecular complexity index is 720. The third kappa shape index (κ3) is 2.56. The lowest BCUT2D eigenvalue weighted by atomic mass is 9.57. The molecule has 1 aliphatic carbocycles. The Hall–Kier alpha value is -2.18. The van der Waals surface area contributed by atoms with E-state index < -0.39 is 41.8 Å². The molecule has 3 fully saturated rings. The van der Waals surface area contributed by atoms with Gasteiger partial charge in [0.05, 0.1) is 17.9 Å². The van der Waals surface area contributed by atoms with Crippen LogP contribution in [-0.2, 0) is 23.8 Å². The molecular formula is C20H24O6. The maximum atomic E-state index is 12.3. The average Bonchev–Trinajstić information content (AvgIpc) is 2.92. The molecule has 6 heteroatoms. The summed E-state index contributed by atoms with van der Waals surface area (Å²) in [6.45, 7) is 15.3. The highest BCUT2D eigenvalue weighted by Crippen LogP contribution is 2.57. The summed E-state index contributed by atoms with van der Waals surface area (Å²) >= 11 is 0. The SMILES string of the molecule is C=C[C@]12C[C@H](OC(=O)/C(C)=C/C)[C@H]3C(=C)C(=O)O[C@@H]3[C@H]1C(=C)CO[C@H]2O. The van der Waals surface area contributed by atoms with E-state index in [9.17, 15) is 14.7 Å². The molecule has 6 nitrogen and oxygen atoms in total. The molecule has 0 unspecified atom stereocenters. The summed E-state index contributed by atoms with van der Waals surface area (Å²) in [4.78, 5) is 24.5. The molecule has 140 valence electrons. The van der Waals surface area contributed by atoms with Crippen molar-refractivity contribution in [2.45, 2.75) is 38.8 Å². The zero-order valence-corrected chi connectivity index (χ0v) is 15.1. The number of aliphatic hydroxyl groups is 1. The van der Waals surface area contributed by atoms with Gasteiger partial charge in [0, 0.05) is 17.1 Å². The Balaban J connectivity index is 2.04. The van der Waals surface area contributed by atoms with E-state index in [-0.39, 0.29) is 24.5 Å². The van der Waals surface area contributed by atoms with E-state index in [0.717, 1.165) is 0 Å². The molecule has 2 saturated heterocycles. The number of aliphatic hydroxyl groups excluding tert-OH is 1. The molecule has 2 heterocycles. The first kappa shape index (κ1) is 18.6. The van der Waals surface area contributed by atoms with Gasteiger partial charge in [-0.1, -0.05) is 25.3 Å². The largest absolute Gasteiger partial charge is 0.458 e. The van der Waals surface area contributed by atoms with Crippen molar-refractivity contribution >= 4 is 11.9 Å². The number of hydrogen-bond donors (Lipinski definition) is 1. The van der Waals surface area contributed by atoms with Crippen LogP contribution in [0.15, 0.2) is 48.6 Å². The number of rotatable bonds is 3. The van der Waals surface area contributed by atoms with Crippen LogP contribution in [0.2, 0.25) is 0 Å². The number of allylic oxidation sites excluding steroid dienone is 1. The summed E-state index contributed by atoms with van der Waals surface area (Å²) in [5.74, 6) is -1.87. The van der Waals surface area contributed by atoms with Crippen molar-refractivity contribution in [3.8, 4) is 0 Å². The fraction of sp³-hybridized carbons (Fsp3) is 0.500. The van der Waals surface area contributed by atoms with Crippen LogP contribution in [0.25, 0.3) is 0 Å². The van der Waals surface area contributed by atoms with Crippen LogP contribution in [0.1, 0.15) is 20.3 Å². The van der Waals surface area contributed by atoms with Crippen molar-refractivity contribution in [2.75, 3.05) is 6.61 Å².